The molecule has 3 aromatic rings. The minimum atomic E-state index is -3.48. The lowest BCUT2D eigenvalue weighted by atomic mass is 9.98. The molecule has 126 valence electrons. The van der Waals surface area contributed by atoms with Gasteiger partial charge in [0, 0.05) is 23.1 Å². The Hall–Kier alpha value is -1.15. The Balaban J connectivity index is 1.82. The first-order valence-corrected chi connectivity index (χ1v) is 10.9. The van der Waals surface area contributed by atoms with E-state index in [2.05, 4.69) is 33.0 Å². The van der Waals surface area contributed by atoms with Crippen LogP contribution < -0.4 is 0 Å². The second-order valence-electron chi connectivity index (χ2n) is 5.91. The summed E-state index contributed by atoms with van der Waals surface area (Å²) in [6, 6.07) is 11.5. The van der Waals surface area contributed by atoms with Gasteiger partial charge in [0.15, 0.2) is 0 Å². The number of thiophene rings is 1. The lowest BCUT2D eigenvalue weighted by Crippen LogP contribution is -2.39. The van der Waals surface area contributed by atoms with E-state index in [0.717, 1.165) is 27.8 Å². The molecule has 0 spiro atoms. The zero-order valence-corrected chi connectivity index (χ0v) is 16.3. The van der Waals surface area contributed by atoms with Crippen molar-refractivity contribution in [2.75, 3.05) is 6.54 Å². The maximum absolute atomic E-state index is 13.1. The molecular formula is C17H17BrN2O2S2. The van der Waals surface area contributed by atoms with Gasteiger partial charge in [0.05, 0.1) is 9.83 Å². The second kappa shape index (κ2) is 5.98. The van der Waals surface area contributed by atoms with E-state index in [-0.39, 0.29) is 6.04 Å². The van der Waals surface area contributed by atoms with Crippen LogP contribution in [0.25, 0.3) is 10.9 Å². The van der Waals surface area contributed by atoms with Crippen molar-refractivity contribution < 1.29 is 8.42 Å². The number of halogens is 1. The summed E-state index contributed by atoms with van der Waals surface area (Å²) in [7, 11) is -3.48. The van der Waals surface area contributed by atoms with Crippen LogP contribution in [-0.4, -0.2) is 24.3 Å². The SMILES string of the molecule is CCC1c2[nH]c3ccccc3c2CCN1S(=O)(=O)c1ccc(Br)s1. The zero-order valence-electron chi connectivity index (χ0n) is 13.1. The number of nitrogens with zero attached hydrogens (tertiary/aromatic N) is 1. The van der Waals surface area contributed by atoms with Gasteiger partial charge in [-0.25, -0.2) is 8.42 Å². The van der Waals surface area contributed by atoms with Gasteiger partial charge >= 0.3 is 0 Å². The largest absolute Gasteiger partial charge is 0.357 e. The first-order chi connectivity index (χ1) is 11.5. The number of rotatable bonds is 3. The van der Waals surface area contributed by atoms with Crippen molar-refractivity contribution in [3.8, 4) is 0 Å². The highest BCUT2D eigenvalue weighted by atomic mass is 79.9. The Morgan fingerprint density at radius 2 is 2.08 bits per heavy atom. The molecule has 0 saturated heterocycles. The highest BCUT2D eigenvalue weighted by Crippen LogP contribution is 2.40. The van der Waals surface area contributed by atoms with Crippen molar-refractivity contribution >= 4 is 48.2 Å². The third-order valence-electron chi connectivity index (χ3n) is 4.61. The van der Waals surface area contributed by atoms with E-state index in [1.54, 1.807) is 16.4 Å². The summed E-state index contributed by atoms with van der Waals surface area (Å²) >= 11 is 4.62. The number of nitrogens with one attached hydrogen (secondary N) is 1. The van der Waals surface area contributed by atoms with Crippen molar-refractivity contribution in [3.63, 3.8) is 0 Å². The summed E-state index contributed by atoms with van der Waals surface area (Å²) in [4.78, 5) is 3.46. The maximum atomic E-state index is 13.1. The fraction of sp³-hybridized carbons (Fsp3) is 0.294. The molecule has 2 aromatic heterocycles. The molecule has 0 bridgehead atoms. The molecule has 24 heavy (non-hydrogen) atoms. The van der Waals surface area contributed by atoms with Gasteiger partial charge < -0.3 is 4.98 Å². The molecule has 0 amide bonds. The van der Waals surface area contributed by atoms with E-state index >= 15 is 0 Å². The molecule has 3 heterocycles. The molecule has 1 aliphatic rings. The van der Waals surface area contributed by atoms with Crippen molar-refractivity contribution in [1.82, 2.24) is 9.29 Å². The number of sulfonamides is 1. The second-order valence-corrected chi connectivity index (χ2v) is 10.5. The smallest absolute Gasteiger partial charge is 0.253 e. The van der Waals surface area contributed by atoms with Crippen LogP contribution >= 0.6 is 27.3 Å². The molecule has 1 N–H and O–H groups in total. The number of hydrogen-bond acceptors (Lipinski definition) is 3. The lowest BCUT2D eigenvalue weighted by Gasteiger charge is -2.33. The third kappa shape index (κ3) is 2.45. The lowest BCUT2D eigenvalue weighted by molar-refractivity contribution is 0.297. The van der Waals surface area contributed by atoms with Crippen LogP contribution in [-0.2, 0) is 16.4 Å². The van der Waals surface area contributed by atoms with E-state index in [4.69, 9.17) is 0 Å². The predicted molar refractivity (Wildman–Crippen MR) is 101 cm³/mol. The Morgan fingerprint density at radius 3 is 2.79 bits per heavy atom. The van der Waals surface area contributed by atoms with E-state index in [1.165, 1.54) is 22.3 Å². The summed E-state index contributed by atoms with van der Waals surface area (Å²) in [6.45, 7) is 2.56. The van der Waals surface area contributed by atoms with E-state index in [9.17, 15) is 8.42 Å². The van der Waals surface area contributed by atoms with Gasteiger partial charge in [-0.2, -0.15) is 4.31 Å². The molecule has 4 nitrogen and oxygen atoms in total. The molecule has 0 aliphatic carbocycles. The fourth-order valence-corrected chi connectivity index (χ4v) is 7.36. The van der Waals surface area contributed by atoms with Crippen LogP contribution in [0.1, 0.15) is 30.6 Å². The number of H-pyrrole nitrogens is 1. The zero-order chi connectivity index (χ0) is 16.9. The van der Waals surface area contributed by atoms with Crippen LogP contribution in [0.2, 0.25) is 0 Å². The summed E-state index contributed by atoms with van der Waals surface area (Å²) in [6.07, 6.45) is 1.48. The van der Waals surface area contributed by atoms with Gasteiger partial charge in [0.2, 0.25) is 0 Å². The average Bonchev–Trinajstić information content (AvgIpc) is 3.17. The molecule has 1 unspecified atom stereocenters. The van der Waals surface area contributed by atoms with Crippen LogP contribution in [0.15, 0.2) is 44.4 Å². The Kier molecular flexibility index (Phi) is 4.07. The van der Waals surface area contributed by atoms with Gasteiger partial charge in [0.25, 0.3) is 10.0 Å². The van der Waals surface area contributed by atoms with Gasteiger partial charge in [-0.3, -0.25) is 0 Å². The third-order valence-corrected chi connectivity index (χ3v) is 8.61. The standard InChI is InChI=1S/C17H17BrN2O2S2/c1-2-14-17-12(11-5-3-4-6-13(11)19-17)9-10-20(14)24(21,22)16-8-7-15(18)23-16/h3-8,14,19H,2,9-10H2,1H3. The first kappa shape index (κ1) is 16.3. The number of benzene rings is 1. The number of aromatic amines is 1. The van der Waals surface area contributed by atoms with Crippen LogP contribution in [0.4, 0.5) is 0 Å². The van der Waals surface area contributed by atoms with Crippen molar-refractivity contribution in [3.05, 3.63) is 51.4 Å². The maximum Gasteiger partial charge on any atom is 0.253 e. The molecule has 0 saturated carbocycles. The van der Waals surface area contributed by atoms with Crippen LogP contribution in [0.3, 0.4) is 0 Å². The van der Waals surface area contributed by atoms with Gasteiger partial charge in [-0.15, -0.1) is 11.3 Å². The van der Waals surface area contributed by atoms with Crippen molar-refractivity contribution in [1.29, 1.82) is 0 Å². The minimum absolute atomic E-state index is 0.146. The van der Waals surface area contributed by atoms with Gasteiger partial charge in [-0.05, 0) is 52.5 Å². The van der Waals surface area contributed by atoms with Gasteiger partial charge in [0.1, 0.15) is 4.21 Å². The minimum Gasteiger partial charge on any atom is -0.357 e. The number of para-hydroxylation sites is 1. The average molecular weight is 425 g/mol. The number of hydrogen-bond donors (Lipinski definition) is 1. The summed E-state index contributed by atoms with van der Waals surface area (Å²) < 4.78 is 29.1. The number of aromatic nitrogens is 1. The highest BCUT2D eigenvalue weighted by Gasteiger charge is 2.37. The van der Waals surface area contributed by atoms with Crippen molar-refractivity contribution in [2.45, 2.75) is 30.0 Å². The van der Waals surface area contributed by atoms with Crippen molar-refractivity contribution in [2.24, 2.45) is 0 Å². The predicted octanol–water partition coefficient (Wildman–Crippen LogP) is 4.69. The molecular weight excluding hydrogens is 408 g/mol. The van der Waals surface area contributed by atoms with E-state index < -0.39 is 10.0 Å². The fourth-order valence-electron chi connectivity index (χ4n) is 3.54. The molecule has 0 radical (unpaired) electrons. The molecule has 1 aromatic carbocycles. The monoisotopic (exact) mass is 424 g/mol. The summed E-state index contributed by atoms with van der Waals surface area (Å²) in [5, 5.41) is 1.21. The summed E-state index contributed by atoms with van der Waals surface area (Å²) in [5.74, 6) is 0. The molecule has 7 heteroatoms. The topological polar surface area (TPSA) is 53.2 Å². The first-order valence-electron chi connectivity index (χ1n) is 7.89. The number of fused-ring (bicyclic) bond motifs is 3. The Morgan fingerprint density at radius 1 is 1.29 bits per heavy atom. The molecule has 1 atom stereocenters. The normalized spacial score (nSPS) is 18.8. The molecule has 1 aliphatic heterocycles. The van der Waals surface area contributed by atoms with E-state index in [1.807, 2.05) is 19.1 Å². The quantitative estimate of drug-likeness (QED) is 0.662. The summed E-state index contributed by atoms with van der Waals surface area (Å²) in [5.41, 5.74) is 3.39. The van der Waals surface area contributed by atoms with Gasteiger partial charge in [-0.1, -0.05) is 25.1 Å². The molecule has 0 fully saturated rings. The van der Waals surface area contributed by atoms with Crippen LogP contribution in [0, 0.1) is 0 Å². The van der Waals surface area contributed by atoms with Crippen LogP contribution in [0.5, 0.6) is 0 Å². The Bertz CT molecular complexity index is 1010. The molecule has 4 rings (SSSR count). The Labute approximate surface area is 153 Å². The highest BCUT2D eigenvalue weighted by molar-refractivity contribution is 9.11. The van der Waals surface area contributed by atoms with E-state index in [0.29, 0.717) is 10.8 Å².